The molecule has 0 radical (unpaired) electrons. The number of carbonyl (C=O) groups is 1. The molecule has 0 fully saturated rings. The minimum absolute atomic E-state index is 0.0275. The lowest BCUT2D eigenvalue weighted by Gasteiger charge is -2.07. The number of amides is 1. The number of primary amides is 1. The number of aryl methyl sites for hydroxylation is 1. The molecule has 21 heavy (non-hydrogen) atoms. The first-order chi connectivity index (χ1) is 9.94. The van der Waals surface area contributed by atoms with Crippen molar-refractivity contribution in [3.05, 3.63) is 64.5 Å². The van der Waals surface area contributed by atoms with Crippen LogP contribution in [0.2, 0.25) is 0 Å². The molecule has 1 atom stereocenters. The number of carbonyl (C=O) groups excluding carboxylic acids is 1. The minimum Gasteiger partial charge on any atom is -0.366 e. The zero-order valence-corrected chi connectivity index (χ0v) is 12.4. The number of rotatable bonds is 5. The van der Waals surface area contributed by atoms with Gasteiger partial charge >= 0.3 is 0 Å². The van der Waals surface area contributed by atoms with Crippen molar-refractivity contribution < 1.29 is 13.6 Å². The number of pyridine rings is 1. The van der Waals surface area contributed by atoms with Gasteiger partial charge in [-0.15, -0.1) is 0 Å². The largest absolute Gasteiger partial charge is 0.366 e. The molecule has 2 rings (SSSR count). The van der Waals surface area contributed by atoms with Gasteiger partial charge in [-0.25, -0.2) is 4.21 Å². The lowest BCUT2D eigenvalue weighted by molar-refractivity contribution is 0.1000. The lowest BCUT2D eigenvalue weighted by atomic mass is 10.0. The van der Waals surface area contributed by atoms with E-state index in [1.165, 1.54) is 0 Å². The summed E-state index contributed by atoms with van der Waals surface area (Å²) < 4.78 is 19.9. The van der Waals surface area contributed by atoms with Crippen LogP contribution in [-0.2, 0) is 23.3 Å². The highest BCUT2D eigenvalue weighted by Crippen LogP contribution is 2.16. The van der Waals surface area contributed by atoms with Gasteiger partial charge in [0.15, 0.2) is 11.1 Å². The second kappa shape index (κ2) is 6.60. The molecule has 1 aromatic heterocycles. The quantitative estimate of drug-likeness (QED) is 0.824. The standard InChI is InChI=1S/C15H16N2O3S/c1-10-2-3-11(8-17-10)4-12-5-13(9-21(19)20)7-14(6-12)15(16)18/h2-3,5-8H,4,9H2,1H3,(H2,16,18)(H,19,20). The van der Waals surface area contributed by atoms with E-state index in [1.807, 2.05) is 19.1 Å². The Labute approximate surface area is 125 Å². The summed E-state index contributed by atoms with van der Waals surface area (Å²) in [5.74, 6) is -0.579. The molecular formula is C15H16N2O3S. The second-order valence-corrected chi connectivity index (χ2v) is 5.78. The highest BCUT2D eigenvalue weighted by atomic mass is 32.2. The van der Waals surface area contributed by atoms with Gasteiger partial charge < -0.3 is 10.3 Å². The normalized spacial score (nSPS) is 12.1. The number of hydrogen-bond donors (Lipinski definition) is 2. The third kappa shape index (κ3) is 4.47. The van der Waals surface area contributed by atoms with Crippen LogP contribution in [0.3, 0.4) is 0 Å². The van der Waals surface area contributed by atoms with Crippen molar-refractivity contribution >= 4 is 17.0 Å². The first-order valence-corrected chi connectivity index (χ1v) is 7.63. The summed E-state index contributed by atoms with van der Waals surface area (Å²) in [6, 6.07) is 8.93. The highest BCUT2D eigenvalue weighted by Gasteiger charge is 2.08. The predicted octanol–water partition coefficient (Wildman–Crippen LogP) is 1.80. The molecular weight excluding hydrogens is 288 g/mol. The fraction of sp³-hybridized carbons (Fsp3) is 0.200. The Morgan fingerprint density at radius 3 is 2.52 bits per heavy atom. The van der Waals surface area contributed by atoms with Crippen LogP contribution in [0.5, 0.6) is 0 Å². The fourth-order valence-electron chi connectivity index (χ4n) is 2.07. The second-order valence-electron chi connectivity index (χ2n) is 4.85. The van der Waals surface area contributed by atoms with Gasteiger partial charge in [0, 0.05) is 17.5 Å². The van der Waals surface area contributed by atoms with Crippen molar-refractivity contribution in [3.63, 3.8) is 0 Å². The highest BCUT2D eigenvalue weighted by molar-refractivity contribution is 7.78. The van der Waals surface area contributed by atoms with Crippen LogP contribution in [0.1, 0.15) is 32.7 Å². The summed E-state index contributed by atoms with van der Waals surface area (Å²) in [5.41, 5.74) is 9.05. The molecule has 1 aromatic carbocycles. The van der Waals surface area contributed by atoms with Crippen LogP contribution in [0.15, 0.2) is 36.5 Å². The maximum Gasteiger partial charge on any atom is 0.248 e. The molecule has 1 amide bonds. The Morgan fingerprint density at radius 2 is 1.95 bits per heavy atom. The lowest BCUT2D eigenvalue weighted by Crippen LogP contribution is -2.12. The fourth-order valence-corrected chi connectivity index (χ4v) is 2.52. The Morgan fingerprint density at radius 1 is 1.24 bits per heavy atom. The van der Waals surface area contributed by atoms with Crippen LogP contribution in [0.4, 0.5) is 0 Å². The molecule has 1 unspecified atom stereocenters. The van der Waals surface area contributed by atoms with E-state index in [0.717, 1.165) is 16.8 Å². The summed E-state index contributed by atoms with van der Waals surface area (Å²) in [7, 11) is 0. The molecule has 0 saturated carbocycles. The zero-order chi connectivity index (χ0) is 15.4. The van der Waals surface area contributed by atoms with E-state index in [0.29, 0.717) is 17.5 Å². The number of nitrogens with two attached hydrogens (primary N) is 1. The van der Waals surface area contributed by atoms with Crippen LogP contribution in [0, 0.1) is 6.92 Å². The SMILES string of the molecule is Cc1ccc(Cc2cc(CS(=O)O)cc(C(N)=O)c2)cn1. The summed E-state index contributed by atoms with van der Waals surface area (Å²) in [4.78, 5) is 15.6. The molecule has 0 aliphatic carbocycles. The zero-order valence-electron chi connectivity index (χ0n) is 11.6. The number of aromatic nitrogens is 1. The van der Waals surface area contributed by atoms with Crippen LogP contribution in [0.25, 0.3) is 0 Å². The average Bonchev–Trinajstić information content (AvgIpc) is 2.40. The van der Waals surface area contributed by atoms with E-state index < -0.39 is 17.0 Å². The summed E-state index contributed by atoms with van der Waals surface area (Å²) in [6.45, 7) is 1.91. The maximum atomic E-state index is 11.4. The van der Waals surface area contributed by atoms with Crippen molar-refractivity contribution in [2.75, 3.05) is 0 Å². The molecule has 0 bridgehead atoms. The Hall–Kier alpha value is -2.05. The molecule has 0 aliphatic rings. The molecule has 110 valence electrons. The molecule has 6 heteroatoms. The maximum absolute atomic E-state index is 11.4. The number of benzene rings is 1. The van der Waals surface area contributed by atoms with Gasteiger partial charge in [-0.2, -0.15) is 0 Å². The molecule has 2 aromatic rings. The molecule has 3 N–H and O–H groups in total. The van der Waals surface area contributed by atoms with Gasteiger partial charge in [0.1, 0.15) is 0 Å². The van der Waals surface area contributed by atoms with Crippen molar-refractivity contribution in [1.29, 1.82) is 0 Å². The first kappa shape index (κ1) is 15.3. The summed E-state index contributed by atoms with van der Waals surface area (Å²) in [5, 5.41) is 0. The van der Waals surface area contributed by atoms with Crippen molar-refractivity contribution in [1.82, 2.24) is 4.98 Å². The van der Waals surface area contributed by atoms with Gasteiger partial charge in [-0.1, -0.05) is 12.1 Å². The number of hydrogen-bond acceptors (Lipinski definition) is 3. The van der Waals surface area contributed by atoms with Gasteiger partial charge in [0.05, 0.1) is 5.75 Å². The molecule has 0 spiro atoms. The van der Waals surface area contributed by atoms with E-state index in [9.17, 15) is 9.00 Å². The van der Waals surface area contributed by atoms with E-state index >= 15 is 0 Å². The van der Waals surface area contributed by atoms with Gasteiger partial charge in [-0.3, -0.25) is 9.78 Å². The number of nitrogens with zero attached hydrogens (tertiary/aromatic N) is 1. The monoisotopic (exact) mass is 304 g/mol. The van der Waals surface area contributed by atoms with E-state index in [-0.39, 0.29) is 5.75 Å². The van der Waals surface area contributed by atoms with Crippen molar-refractivity contribution in [2.24, 2.45) is 5.73 Å². The Kier molecular flexibility index (Phi) is 4.82. The third-order valence-corrected chi connectivity index (χ3v) is 3.59. The van der Waals surface area contributed by atoms with E-state index in [2.05, 4.69) is 4.98 Å². The van der Waals surface area contributed by atoms with E-state index in [1.54, 1.807) is 24.4 Å². The van der Waals surface area contributed by atoms with Crippen LogP contribution >= 0.6 is 0 Å². The molecule has 0 saturated heterocycles. The summed E-state index contributed by atoms with van der Waals surface area (Å²) in [6.07, 6.45) is 2.36. The van der Waals surface area contributed by atoms with Crippen molar-refractivity contribution in [3.8, 4) is 0 Å². The molecule has 5 nitrogen and oxygen atoms in total. The molecule has 1 heterocycles. The summed E-state index contributed by atoms with van der Waals surface area (Å²) >= 11 is -1.96. The van der Waals surface area contributed by atoms with Gasteiger partial charge in [-0.05, 0) is 48.2 Å². The first-order valence-electron chi connectivity index (χ1n) is 6.35. The Bertz CT molecular complexity index is 684. The van der Waals surface area contributed by atoms with Gasteiger partial charge in [0.25, 0.3) is 0 Å². The third-order valence-electron chi connectivity index (χ3n) is 3.01. The predicted molar refractivity (Wildman–Crippen MR) is 81.2 cm³/mol. The smallest absolute Gasteiger partial charge is 0.248 e. The van der Waals surface area contributed by atoms with Crippen LogP contribution in [-0.4, -0.2) is 19.7 Å². The Balaban J connectivity index is 2.32. The molecule has 0 aliphatic heterocycles. The topological polar surface area (TPSA) is 93.3 Å². The minimum atomic E-state index is -1.96. The van der Waals surface area contributed by atoms with E-state index in [4.69, 9.17) is 10.3 Å². The van der Waals surface area contributed by atoms with Gasteiger partial charge in [0.2, 0.25) is 5.91 Å². The average molecular weight is 304 g/mol. The van der Waals surface area contributed by atoms with Crippen molar-refractivity contribution in [2.45, 2.75) is 19.1 Å². The van der Waals surface area contributed by atoms with Crippen LogP contribution < -0.4 is 5.73 Å².